The van der Waals surface area contributed by atoms with Crippen LogP contribution < -0.4 is 0 Å². The van der Waals surface area contributed by atoms with Crippen LogP contribution in [0.1, 0.15) is 19.8 Å². The first-order valence-corrected chi connectivity index (χ1v) is 3.83. The number of unbranched alkanes of at least 4 members (excludes halogenated alkanes) is 1. The first-order chi connectivity index (χ1) is 5.77. The molecule has 2 heteroatoms. The van der Waals surface area contributed by atoms with E-state index in [4.69, 9.17) is 5.11 Å². The second-order valence-electron chi connectivity index (χ2n) is 2.15. The van der Waals surface area contributed by atoms with Crippen molar-refractivity contribution in [1.29, 1.82) is 0 Å². The predicted octanol–water partition coefficient (Wildman–Crippen LogP) is 1.99. The molecule has 0 radical (unpaired) electrons. The lowest BCUT2D eigenvalue weighted by Gasteiger charge is -1.77. The van der Waals surface area contributed by atoms with Crippen molar-refractivity contribution in [2.24, 2.45) is 0 Å². The maximum Gasteiger partial charge on any atom is 0.328 e. The zero-order valence-electron chi connectivity index (χ0n) is 7.08. The Morgan fingerprint density at radius 3 is 2.67 bits per heavy atom. The first-order valence-electron chi connectivity index (χ1n) is 3.83. The van der Waals surface area contributed by atoms with Gasteiger partial charge in [-0.25, -0.2) is 4.79 Å². The number of carbonyl (C=O) groups is 1. The predicted molar refractivity (Wildman–Crippen MR) is 48.6 cm³/mol. The minimum atomic E-state index is -0.971. The van der Waals surface area contributed by atoms with Crippen molar-refractivity contribution in [3.05, 3.63) is 24.3 Å². The molecule has 1 N–H and O–H groups in total. The molecule has 0 spiro atoms. The molecule has 2 nitrogen and oxygen atoms in total. The smallest absolute Gasteiger partial charge is 0.328 e. The zero-order chi connectivity index (χ0) is 9.23. The molecule has 0 bridgehead atoms. The van der Waals surface area contributed by atoms with E-state index >= 15 is 0 Å². The van der Waals surface area contributed by atoms with Crippen LogP contribution in [0.4, 0.5) is 0 Å². The number of aliphatic carboxylic acids is 1. The van der Waals surface area contributed by atoms with Crippen LogP contribution in [-0.2, 0) is 4.79 Å². The van der Waals surface area contributed by atoms with Crippen molar-refractivity contribution in [1.82, 2.24) is 0 Å². The topological polar surface area (TPSA) is 37.3 Å². The largest absolute Gasteiger partial charge is 0.478 e. The van der Waals surface area contributed by atoms with E-state index in [2.05, 4.69) is 18.8 Å². The van der Waals surface area contributed by atoms with Gasteiger partial charge in [0.15, 0.2) is 0 Å². The van der Waals surface area contributed by atoms with Gasteiger partial charge in [-0.3, -0.25) is 0 Å². The molecule has 0 rings (SSSR count). The van der Waals surface area contributed by atoms with Crippen molar-refractivity contribution < 1.29 is 9.90 Å². The molecule has 64 valence electrons. The summed E-state index contributed by atoms with van der Waals surface area (Å²) < 4.78 is 0. The van der Waals surface area contributed by atoms with Crippen LogP contribution in [0.25, 0.3) is 0 Å². The quantitative estimate of drug-likeness (QED) is 0.511. The van der Waals surface area contributed by atoms with Gasteiger partial charge in [-0.2, -0.15) is 0 Å². The molecule has 0 aromatic carbocycles. The van der Waals surface area contributed by atoms with Crippen molar-refractivity contribution in [3.63, 3.8) is 0 Å². The van der Waals surface area contributed by atoms with Gasteiger partial charge < -0.3 is 5.11 Å². The normalized spacial score (nSPS) is 10.1. The Morgan fingerprint density at radius 2 is 2.08 bits per heavy atom. The van der Waals surface area contributed by atoms with E-state index < -0.39 is 5.97 Å². The van der Waals surface area contributed by atoms with Crippen LogP contribution in [0.3, 0.4) is 0 Å². The Kier molecular flexibility index (Phi) is 6.67. The summed E-state index contributed by atoms with van der Waals surface area (Å²) in [4.78, 5) is 9.96. The van der Waals surface area contributed by atoms with Crippen LogP contribution in [0, 0.1) is 11.8 Å². The fourth-order valence-electron chi connectivity index (χ4n) is 0.518. The second kappa shape index (κ2) is 7.62. The van der Waals surface area contributed by atoms with Gasteiger partial charge in [0, 0.05) is 6.08 Å². The van der Waals surface area contributed by atoms with E-state index in [0.29, 0.717) is 0 Å². The van der Waals surface area contributed by atoms with Gasteiger partial charge in [0.2, 0.25) is 0 Å². The van der Waals surface area contributed by atoms with Crippen molar-refractivity contribution >= 4 is 5.97 Å². The third kappa shape index (κ3) is 8.51. The molecule has 0 aliphatic heterocycles. The number of carboxylic acid groups (broad SMARTS) is 1. The molecule has 0 unspecified atom stereocenters. The molecule has 0 fully saturated rings. The molecule has 0 atom stereocenters. The SMILES string of the molecule is CCC/C=C/C#C/C=C\C(=O)O. The molecule has 0 heterocycles. The molecular weight excluding hydrogens is 152 g/mol. The van der Waals surface area contributed by atoms with Crippen molar-refractivity contribution in [2.75, 3.05) is 0 Å². The highest BCUT2D eigenvalue weighted by Crippen LogP contribution is 1.86. The lowest BCUT2D eigenvalue weighted by Crippen LogP contribution is -1.84. The van der Waals surface area contributed by atoms with E-state index in [9.17, 15) is 4.79 Å². The maximum absolute atomic E-state index is 9.96. The highest BCUT2D eigenvalue weighted by atomic mass is 16.4. The second-order valence-corrected chi connectivity index (χ2v) is 2.15. The van der Waals surface area contributed by atoms with Crippen LogP contribution in [0.2, 0.25) is 0 Å². The Labute approximate surface area is 72.6 Å². The number of hydrogen-bond donors (Lipinski definition) is 1. The highest BCUT2D eigenvalue weighted by Gasteiger charge is 1.79. The Balaban J connectivity index is 3.67. The fourth-order valence-corrected chi connectivity index (χ4v) is 0.518. The summed E-state index contributed by atoms with van der Waals surface area (Å²) in [6.07, 6.45) is 8.14. The lowest BCUT2D eigenvalue weighted by atomic mass is 10.3. The van der Waals surface area contributed by atoms with Crippen molar-refractivity contribution in [3.8, 4) is 11.8 Å². The van der Waals surface area contributed by atoms with Crippen LogP contribution in [-0.4, -0.2) is 11.1 Å². The minimum absolute atomic E-state index is 0.971. The summed E-state index contributed by atoms with van der Waals surface area (Å²) in [5, 5.41) is 8.18. The summed E-state index contributed by atoms with van der Waals surface area (Å²) in [5.74, 6) is 4.30. The third-order valence-electron chi connectivity index (χ3n) is 1.05. The maximum atomic E-state index is 9.96. The van der Waals surface area contributed by atoms with Crippen LogP contribution in [0.15, 0.2) is 24.3 Å². The third-order valence-corrected chi connectivity index (χ3v) is 1.05. The standard InChI is InChI=1S/C10H12O2/c1-2-3-4-5-6-7-8-9-10(11)12/h4-5,8-9H,2-3H2,1H3,(H,11,12)/b5-4+,9-8-. The molecule has 0 aromatic heterocycles. The summed E-state index contributed by atoms with van der Waals surface area (Å²) in [6.45, 7) is 2.09. The van der Waals surface area contributed by atoms with Gasteiger partial charge in [-0.05, 0) is 18.6 Å². The van der Waals surface area contributed by atoms with E-state index in [1.54, 1.807) is 6.08 Å². The van der Waals surface area contributed by atoms with Crippen LogP contribution >= 0.6 is 0 Å². The lowest BCUT2D eigenvalue weighted by molar-refractivity contribution is -0.131. The summed E-state index contributed by atoms with van der Waals surface area (Å²) in [7, 11) is 0. The monoisotopic (exact) mass is 164 g/mol. The summed E-state index contributed by atoms with van der Waals surface area (Å²) in [5.41, 5.74) is 0. The van der Waals surface area contributed by atoms with Gasteiger partial charge >= 0.3 is 5.97 Å². The zero-order valence-corrected chi connectivity index (χ0v) is 7.08. The summed E-state index contributed by atoms with van der Waals surface area (Å²) >= 11 is 0. The molecule has 0 aromatic rings. The number of rotatable bonds is 3. The molecule has 0 saturated carbocycles. The minimum Gasteiger partial charge on any atom is -0.478 e. The number of carboxylic acids is 1. The van der Waals surface area contributed by atoms with Gasteiger partial charge in [0.05, 0.1) is 0 Å². The molecule has 0 aliphatic rings. The Bertz CT molecular complexity index is 238. The van der Waals surface area contributed by atoms with Gasteiger partial charge in [0.1, 0.15) is 0 Å². The average Bonchev–Trinajstić information content (AvgIpc) is 2.02. The first kappa shape index (κ1) is 10.5. The number of allylic oxidation sites excluding steroid dienone is 3. The van der Waals surface area contributed by atoms with E-state index in [1.807, 2.05) is 6.08 Å². The van der Waals surface area contributed by atoms with Gasteiger partial charge in [0.25, 0.3) is 0 Å². The Morgan fingerprint density at radius 1 is 1.42 bits per heavy atom. The molecule has 12 heavy (non-hydrogen) atoms. The average molecular weight is 164 g/mol. The number of hydrogen-bond acceptors (Lipinski definition) is 1. The molecule has 0 aliphatic carbocycles. The highest BCUT2D eigenvalue weighted by molar-refractivity contribution is 5.80. The van der Waals surface area contributed by atoms with Crippen LogP contribution in [0.5, 0.6) is 0 Å². The van der Waals surface area contributed by atoms with E-state index in [1.165, 1.54) is 6.08 Å². The molecule has 0 amide bonds. The van der Waals surface area contributed by atoms with Crippen molar-refractivity contribution in [2.45, 2.75) is 19.8 Å². The van der Waals surface area contributed by atoms with Gasteiger partial charge in [-0.1, -0.05) is 31.3 Å². The van der Waals surface area contributed by atoms with E-state index in [-0.39, 0.29) is 0 Å². The molecule has 0 saturated heterocycles. The van der Waals surface area contributed by atoms with Gasteiger partial charge in [-0.15, -0.1) is 0 Å². The molecular formula is C10H12O2. The van der Waals surface area contributed by atoms with E-state index in [0.717, 1.165) is 18.9 Å². The summed E-state index contributed by atoms with van der Waals surface area (Å²) in [6, 6.07) is 0. The fraction of sp³-hybridized carbons (Fsp3) is 0.300. The Hall–Kier alpha value is -1.49.